The van der Waals surface area contributed by atoms with E-state index in [-0.39, 0.29) is 0 Å². The fraction of sp³-hybridized carbons (Fsp3) is 0.684. The van der Waals surface area contributed by atoms with Crippen molar-refractivity contribution in [3.8, 4) is 0 Å². The van der Waals surface area contributed by atoms with Crippen molar-refractivity contribution in [3.63, 3.8) is 0 Å². The van der Waals surface area contributed by atoms with E-state index in [1.807, 2.05) is 0 Å². The van der Waals surface area contributed by atoms with Crippen LogP contribution in [-0.2, 0) is 0 Å². The predicted molar refractivity (Wildman–Crippen MR) is 88.1 cm³/mol. The minimum Gasteiger partial charge on any atom is -0.313 e. The van der Waals surface area contributed by atoms with Crippen molar-refractivity contribution >= 4 is 0 Å². The molecule has 0 spiro atoms. The molecule has 2 atom stereocenters. The third-order valence-electron chi connectivity index (χ3n) is 5.33. The van der Waals surface area contributed by atoms with Gasteiger partial charge < -0.3 is 5.32 Å². The van der Waals surface area contributed by atoms with Crippen LogP contribution in [0.5, 0.6) is 0 Å². The SMILES string of the molecule is CNC(CC(C)C(C)(C)C)c1ccc(C2CCC2)cc1. The molecule has 0 amide bonds. The van der Waals surface area contributed by atoms with Gasteiger partial charge >= 0.3 is 0 Å². The van der Waals surface area contributed by atoms with Gasteiger partial charge in [0.05, 0.1) is 0 Å². The Labute approximate surface area is 125 Å². The molecule has 1 aromatic carbocycles. The van der Waals surface area contributed by atoms with Crippen molar-refractivity contribution in [1.29, 1.82) is 0 Å². The highest BCUT2D eigenvalue weighted by Gasteiger charge is 2.24. The summed E-state index contributed by atoms with van der Waals surface area (Å²) >= 11 is 0. The van der Waals surface area contributed by atoms with Crippen molar-refractivity contribution in [3.05, 3.63) is 35.4 Å². The molecule has 2 rings (SSSR count). The molecule has 2 unspecified atom stereocenters. The standard InChI is InChI=1S/C19H31N/c1-14(19(2,3)4)13-18(20-5)17-11-9-16(10-12-17)15-7-6-8-15/h9-12,14-15,18,20H,6-8,13H2,1-5H3. The van der Waals surface area contributed by atoms with Crippen LogP contribution >= 0.6 is 0 Å². The average Bonchev–Trinajstić information content (AvgIpc) is 2.33. The lowest BCUT2D eigenvalue weighted by atomic mass is 9.77. The highest BCUT2D eigenvalue weighted by atomic mass is 14.9. The average molecular weight is 273 g/mol. The second-order valence-electron chi connectivity index (χ2n) is 7.64. The molecule has 0 aromatic heterocycles. The number of rotatable bonds is 5. The van der Waals surface area contributed by atoms with Crippen molar-refractivity contribution in [1.82, 2.24) is 5.32 Å². The van der Waals surface area contributed by atoms with Gasteiger partial charge in [-0.05, 0) is 54.7 Å². The monoisotopic (exact) mass is 273 g/mol. The molecular formula is C19H31N. The lowest BCUT2D eigenvalue weighted by molar-refractivity contribution is 0.226. The Kier molecular flexibility index (Phi) is 4.90. The lowest BCUT2D eigenvalue weighted by Crippen LogP contribution is -2.25. The second kappa shape index (κ2) is 6.30. The van der Waals surface area contributed by atoms with Crippen LogP contribution in [0.4, 0.5) is 0 Å². The van der Waals surface area contributed by atoms with Gasteiger partial charge in [-0.1, -0.05) is 58.4 Å². The van der Waals surface area contributed by atoms with Crippen molar-refractivity contribution in [2.24, 2.45) is 11.3 Å². The topological polar surface area (TPSA) is 12.0 Å². The molecule has 112 valence electrons. The predicted octanol–water partition coefficient (Wildman–Crippen LogP) is 5.29. The van der Waals surface area contributed by atoms with Gasteiger partial charge in [0, 0.05) is 6.04 Å². The summed E-state index contributed by atoms with van der Waals surface area (Å²) in [6, 6.07) is 9.85. The molecule has 1 nitrogen and oxygen atoms in total. The summed E-state index contributed by atoms with van der Waals surface area (Å²) in [6.45, 7) is 9.38. The van der Waals surface area contributed by atoms with Crippen LogP contribution in [0, 0.1) is 11.3 Å². The van der Waals surface area contributed by atoms with E-state index in [0.29, 0.717) is 17.4 Å². The fourth-order valence-electron chi connectivity index (χ4n) is 2.87. The first-order chi connectivity index (χ1) is 9.41. The molecule has 1 N–H and O–H groups in total. The molecular weight excluding hydrogens is 242 g/mol. The number of hydrogen-bond donors (Lipinski definition) is 1. The van der Waals surface area contributed by atoms with Crippen LogP contribution < -0.4 is 5.32 Å². The first kappa shape index (κ1) is 15.6. The maximum atomic E-state index is 3.50. The molecule has 0 heterocycles. The number of hydrogen-bond acceptors (Lipinski definition) is 1. The summed E-state index contributed by atoms with van der Waals surface area (Å²) in [5, 5.41) is 3.50. The number of nitrogens with one attached hydrogen (secondary N) is 1. The third kappa shape index (κ3) is 3.63. The van der Waals surface area contributed by atoms with E-state index in [4.69, 9.17) is 0 Å². The van der Waals surface area contributed by atoms with E-state index >= 15 is 0 Å². The maximum absolute atomic E-state index is 3.50. The molecule has 0 aliphatic heterocycles. The third-order valence-corrected chi connectivity index (χ3v) is 5.33. The zero-order chi connectivity index (χ0) is 14.8. The van der Waals surface area contributed by atoms with Gasteiger partial charge in [0.1, 0.15) is 0 Å². The zero-order valence-corrected chi connectivity index (χ0v) is 13.9. The molecule has 1 aliphatic carbocycles. The van der Waals surface area contributed by atoms with E-state index in [0.717, 1.165) is 5.92 Å². The minimum absolute atomic E-state index is 0.376. The minimum atomic E-state index is 0.376. The molecule has 1 aliphatic rings. The van der Waals surface area contributed by atoms with E-state index in [1.165, 1.54) is 31.2 Å². The molecule has 1 heteroatoms. The van der Waals surface area contributed by atoms with E-state index in [1.54, 1.807) is 5.56 Å². The molecule has 0 radical (unpaired) electrons. The summed E-state index contributed by atoms with van der Waals surface area (Å²) in [6.07, 6.45) is 5.38. The number of benzene rings is 1. The Morgan fingerprint density at radius 3 is 2.15 bits per heavy atom. The van der Waals surface area contributed by atoms with Crippen LogP contribution in [0.1, 0.15) is 76.5 Å². The smallest absolute Gasteiger partial charge is 0.0320 e. The highest BCUT2D eigenvalue weighted by Crippen LogP contribution is 2.37. The van der Waals surface area contributed by atoms with Gasteiger partial charge in [-0.15, -0.1) is 0 Å². The Morgan fingerprint density at radius 2 is 1.75 bits per heavy atom. The first-order valence-corrected chi connectivity index (χ1v) is 8.19. The van der Waals surface area contributed by atoms with Gasteiger partial charge in [0.25, 0.3) is 0 Å². The molecule has 20 heavy (non-hydrogen) atoms. The summed E-state index contributed by atoms with van der Waals surface area (Å²) < 4.78 is 0. The largest absolute Gasteiger partial charge is 0.313 e. The normalized spacial score (nSPS) is 19.4. The Hall–Kier alpha value is -0.820. The first-order valence-electron chi connectivity index (χ1n) is 8.19. The van der Waals surface area contributed by atoms with Gasteiger partial charge in [0.2, 0.25) is 0 Å². The highest BCUT2D eigenvalue weighted by molar-refractivity contribution is 5.28. The molecule has 0 saturated heterocycles. The molecule has 0 bridgehead atoms. The quantitative estimate of drug-likeness (QED) is 0.769. The van der Waals surface area contributed by atoms with Crippen LogP contribution in [0.25, 0.3) is 0 Å². The van der Waals surface area contributed by atoms with Crippen LogP contribution in [0.2, 0.25) is 0 Å². The summed E-state index contributed by atoms with van der Waals surface area (Å²) in [5.74, 6) is 1.54. The molecule has 1 aromatic rings. The Balaban J connectivity index is 2.03. The van der Waals surface area contributed by atoms with Crippen LogP contribution in [0.3, 0.4) is 0 Å². The van der Waals surface area contributed by atoms with Crippen molar-refractivity contribution in [2.45, 2.75) is 65.3 Å². The maximum Gasteiger partial charge on any atom is 0.0320 e. The Bertz CT molecular complexity index is 408. The van der Waals surface area contributed by atoms with Crippen molar-refractivity contribution in [2.75, 3.05) is 7.05 Å². The summed E-state index contributed by atoms with van der Waals surface area (Å²) in [5.41, 5.74) is 3.35. The van der Waals surface area contributed by atoms with Crippen molar-refractivity contribution < 1.29 is 0 Å². The van der Waals surface area contributed by atoms with Gasteiger partial charge in [0.15, 0.2) is 0 Å². The van der Waals surface area contributed by atoms with E-state index in [2.05, 4.69) is 64.3 Å². The fourth-order valence-corrected chi connectivity index (χ4v) is 2.87. The van der Waals surface area contributed by atoms with E-state index in [9.17, 15) is 0 Å². The lowest BCUT2D eigenvalue weighted by Gasteiger charge is -2.31. The Morgan fingerprint density at radius 1 is 1.15 bits per heavy atom. The second-order valence-corrected chi connectivity index (χ2v) is 7.64. The van der Waals surface area contributed by atoms with E-state index < -0.39 is 0 Å². The van der Waals surface area contributed by atoms with Gasteiger partial charge in [-0.3, -0.25) is 0 Å². The zero-order valence-electron chi connectivity index (χ0n) is 13.9. The summed E-state index contributed by atoms with van der Waals surface area (Å²) in [7, 11) is 2.08. The molecule has 1 saturated carbocycles. The van der Waals surface area contributed by atoms with Gasteiger partial charge in [-0.25, -0.2) is 0 Å². The summed E-state index contributed by atoms with van der Waals surface area (Å²) in [4.78, 5) is 0. The molecule has 1 fully saturated rings. The van der Waals surface area contributed by atoms with Crippen LogP contribution in [0.15, 0.2) is 24.3 Å². The van der Waals surface area contributed by atoms with Crippen LogP contribution in [-0.4, -0.2) is 7.05 Å². The van der Waals surface area contributed by atoms with Gasteiger partial charge in [-0.2, -0.15) is 0 Å².